The SMILES string of the molecule is c1ccc(-c2ccc(-c3cc(-c4ccc(-n5c(-c6ccccc6)nc6c(-c7ccccc7)nc(-n7c8ccccc8c8cc(-c9ccc%10c(c9)c9ccccc9n%10-c9ccccc9)ccc87)nc65)cc4)nc(-c4ccccc4)n3)cc2)cc1. The van der Waals surface area contributed by atoms with Crippen molar-refractivity contribution in [2.24, 2.45) is 0 Å². The third kappa shape index (κ3) is 8.27. The minimum absolute atomic E-state index is 0.543. The molecular weight excluding hydrogens is 1010 g/mol. The largest absolute Gasteiger partial charge is 0.309 e. The number of hydrogen-bond donors (Lipinski definition) is 0. The lowest BCUT2D eigenvalue weighted by Crippen LogP contribution is -2.05. The molecule has 11 aromatic carbocycles. The average Bonchev–Trinajstić information content (AvgIpc) is 3.64. The van der Waals surface area contributed by atoms with E-state index in [-0.39, 0.29) is 0 Å². The second kappa shape index (κ2) is 19.8. The Morgan fingerprint density at radius 1 is 0.241 bits per heavy atom. The zero-order valence-electron chi connectivity index (χ0n) is 44.8. The molecule has 0 unspecified atom stereocenters. The van der Waals surface area contributed by atoms with Crippen LogP contribution in [-0.4, -0.2) is 38.6 Å². The van der Waals surface area contributed by atoms with E-state index in [9.17, 15) is 0 Å². The Morgan fingerprint density at radius 3 is 1.25 bits per heavy atom. The molecule has 0 bridgehead atoms. The maximum absolute atomic E-state index is 5.62. The van der Waals surface area contributed by atoms with Crippen molar-refractivity contribution in [1.82, 2.24) is 38.6 Å². The van der Waals surface area contributed by atoms with Crippen LogP contribution in [0.5, 0.6) is 0 Å². The van der Waals surface area contributed by atoms with Crippen LogP contribution in [0, 0.1) is 0 Å². The fourth-order valence-electron chi connectivity index (χ4n) is 11.9. The topological polar surface area (TPSA) is 79.2 Å². The van der Waals surface area contributed by atoms with E-state index in [0.717, 1.165) is 101 Å². The number of imidazole rings is 1. The number of para-hydroxylation sites is 3. The molecule has 0 spiro atoms. The van der Waals surface area contributed by atoms with Crippen molar-refractivity contribution in [3.63, 3.8) is 0 Å². The van der Waals surface area contributed by atoms with Gasteiger partial charge in [0.25, 0.3) is 0 Å². The summed E-state index contributed by atoms with van der Waals surface area (Å²) in [5, 5.41) is 4.65. The third-order valence-electron chi connectivity index (χ3n) is 15.9. The van der Waals surface area contributed by atoms with Gasteiger partial charge in [0.2, 0.25) is 5.95 Å². The Labute approximate surface area is 478 Å². The molecule has 5 aromatic heterocycles. The smallest absolute Gasteiger partial charge is 0.237 e. The van der Waals surface area contributed by atoms with Crippen LogP contribution in [0.25, 0.3) is 151 Å². The number of rotatable bonds is 10. The van der Waals surface area contributed by atoms with Gasteiger partial charge in [0.05, 0.1) is 33.5 Å². The summed E-state index contributed by atoms with van der Waals surface area (Å²) in [5.74, 6) is 1.95. The zero-order chi connectivity index (χ0) is 54.8. The van der Waals surface area contributed by atoms with Gasteiger partial charge in [-0.2, -0.15) is 4.98 Å². The van der Waals surface area contributed by atoms with Crippen molar-refractivity contribution in [2.75, 3.05) is 0 Å². The molecule has 0 amide bonds. The molecular formula is C75H48N8. The number of aromatic nitrogens is 8. The second-order valence-electron chi connectivity index (χ2n) is 20.9. The Kier molecular flexibility index (Phi) is 11.3. The van der Waals surface area contributed by atoms with Crippen molar-refractivity contribution in [2.45, 2.75) is 0 Å². The van der Waals surface area contributed by atoms with Crippen molar-refractivity contribution < 1.29 is 0 Å². The number of fused-ring (bicyclic) bond motifs is 7. The Morgan fingerprint density at radius 2 is 0.663 bits per heavy atom. The lowest BCUT2D eigenvalue weighted by Gasteiger charge is -2.13. The lowest BCUT2D eigenvalue weighted by atomic mass is 10.0. The summed E-state index contributed by atoms with van der Waals surface area (Å²) in [6.45, 7) is 0. The highest BCUT2D eigenvalue weighted by Crippen LogP contribution is 2.41. The van der Waals surface area contributed by atoms with Crippen molar-refractivity contribution in [1.29, 1.82) is 0 Å². The van der Waals surface area contributed by atoms with Crippen LogP contribution in [0.1, 0.15) is 0 Å². The minimum Gasteiger partial charge on any atom is -0.309 e. The third-order valence-corrected chi connectivity index (χ3v) is 15.9. The van der Waals surface area contributed by atoms with E-state index in [1.807, 2.05) is 36.4 Å². The molecule has 8 heteroatoms. The maximum atomic E-state index is 5.62. The van der Waals surface area contributed by atoms with Gasteiger partial charge in [-0.1, -0.05) is 224 Å². The van der Waals surface area contributed by atoms with Crippen LogP contribution in [0.2, 0.25) is 0 Å². The normalized spacial score (nSPS) is 11.6. The van der Waals surface area contributed by atoms with Crippen LogP contribution in [0.4, 0.5) is 0 Å². The fraction of sp³-hybridized carbons (Fsp3) is 0. The first-order valence-electron chi connectivity index (χ1n) is 27.9. The molecule has 16 aromatic rings. The zero-order valence-corrected chi connectivity index (χ0v) is 44.8. The molecule has 0 fully saturated rings. The molecule has 0 aliphatic carbocycles. The van der Waals surface area contributed by atoms with Crippen LogP contribution in [0.15, 0.2) is 291 Å². The van der Waals surface area contributed by atoms with Gasteiger partial charge in [0.15, 0.2) is 11.5 Å². The van der Waals surface area contributed by atoms with Gasteiger partial charge in [-0.05, 0) is 89.0 Å². The molecule has 388 valence electrons. The first-order chi connectivity index (χ1) is 41.1. The van der Waals surface area contributed by atoms with Gasteiger partial charge in [-0.25, -0.2) is 19.9 Å². The maximum Gasteiger partial charge on any atom is 0.237 e. The van der Waals surface area contributed by atoms with Crippen LogP contribution in [0.3, 0.4) is 0 Å². The van der Waals surface area contributed by atoms with Gasteiger partial charge >= 0.3 is 0 Å². The number of nitrogens with zero attached hydrogens (tertiary/aromatic N) is 8. The first-order valence-corrected chi connectivity index (χ1v) is 27.9. The molecule has 5 heterocycles. The monoisotopic (exact) mass is 1060 g/mol. The molecule has 16 rings (SSSR count). The van der Waals surface area contributed by atoms with E-state index in [2.05, 4.69) is 268 Å². The van der Waals surface area contributed by atoms with Crippen LogP contribution < -0.4 is 0 Å². The summed E-state index contributed by atoms with van der Waals surface area (Å²) in [4.78, 5) is 27.0. The molecule has 0 saturated heterocycles. The Bertz CT molecular complexity index is 5090. The number of benzene rings is 11. The summed E-state index contributed by atoms with van der Waals surface area (Å²) in [6.07, 6.45) is 0. The molecule has 0 saturated carbocycles. The van der Waals surface area contributed by atoms with E-state index in [1.54, 1.807) is 0 Å². The van der Waals surface area contributed by atoms with Gasteiger partial charge in [-0.3, -0.25) is 9.13 Å². The predicted octanol–water partition coefficient (Wildman–Crippen LogP) is 18.5. The van der Waals surface area contributed by atoms with E-state index in [0.29, 0.717) is 22.9 Å². The molecule has 83 heavy (non-hydrogen) atoms. The summed E-state index contributed by atoms with van der Waals surface area (Å²) < 4.78 is 6.75. The fourth-order valence-corrected chi connectivity index (χ4v) is 11.9. The first kappa shape index (κ1) is 47.6. The Balaban J connectivity index is 0.852. The second-order valence-corrected chi connectivity index (χ2v) is 20.9. The summed E-state index contributed by atoms with van der Waals surface area (Å²) in [6, 6.07) is 102. The highest BCUT2D eigenvalue weighted by molar-refractivity contribution is 6.13. The molecule has 0 N–H and O–H groups in total. The minimum atomic E-state index is 0.543. The van der Waals surface area contributed by atoms with Crippen LogP contribution >= 0.6 is 0 Å². The van der Waals surface area contributed by atoms with Gasteiger partial charge in [0.1, 0.15) is 17.0 Å². The van der Waals surface area contributed by atoms with Gasteiger partial charge in [0, 0.05) is 60.7 Å². The van der Waals surface area contributed by atoms with E-state index >= 15 is 0 Å². The van der Waals surface area contributed by atoms with E-state index in [1.165, 1.54) is 27.4 Å². The molecule has 0 aliphatic heterocycles. The predicted molar refractivity (Wildman–Crippen MR) is 339 cm³/mol. The van der Waals surface area contributed by atoms with Crippen LogP contribution in [-0.2, 0) is 0 Å². The highest BCUT2D eigenvalue weighted by atomic mass is 15.2. The Hall–Kier alpha value is -11.4. The summed E-state index contributed by atoms with van der Waals surface area (Å²) in [5.41, 5.74) is 19.5. The van der Waals surface area contributed by atoms with E-state index in [4.69, 9.17) is 24.9 Å². The van der Waals surface area contributed by atoms with Gasteiger partial charge < -0.3 is 4.57 Å². The van der Waals surface area contributed by atoms with Crippen molar-refractivity contribution in [3.05, 3.63) is 291 Å². The van der Waals surface area contributed by atoms with Crippen molar-refractivity contribution >= 4 is 54.8 Å². The quantitative estimate of drug-likeness (QED) is 0.136. The molecule has 0 radical (unpaired) electrons. The summed E-state index contributed by atoms with van der Waals surface area (Å²) in [7, 11) is 0. The lowest BCUT2D eigenvalue weighted by molar-refractivity contribution is 0.989. The highest BCUT2D eigenvalue weighted by Gasteiger charge is 2.25. The van der Waals surface area contributed by atoms with Crippen molar-refractivity contribution in [3.8, 4) is 96.1 Å². The standard InChI is InChI=1S/C75H48N8/c1-6-20-49(21-7-1)50-34-36-51(37-35-50)64-48-65(77-72(76-64)54-24-10-3-11-25-54)52-38-42-59(43-39-52)82-73(55-26-12-4-13-27-55)78-71-70(53-22-8-2-9-23-53)79-75(80-74(71)82)83-67-33-19-17-31-61(67)63-47-57(41-45-69(63)83)56-40-44-68-62(46-56)60-30-16-18-32-66(60)81(68)58-28-14-5-15-29-58/h1-48H. The molecule has 8 nitrogen and oxygen atoms in total. The average molecular weight is 1060 g/mol. The summed E-state index contributed by atoms with van der Waals surface area (Å²) >= 11 is 0. The number of hydrogen-bond acceptors (Lipinski definition) is 5. The molecule has 0 atom stereocenters. The van der Waals surface area contributed by atoms with E-state index < -0.39 is 0 Å². The molecule has 0 aliphatic rings. The van der Waals surface area contributed by atoms with Gasteiger partial charge in [-0.15, -0.1) is 0 Å².